The van der Waals surface area contributed by atoms with E-state index < -0.39 is 0 Å². The molecule has 0 radical (unpaired) electrons. The van der Waals surface area contributed by atoms with Crippen LogP contribution in [-0.2, 0) is 19.6 Å². The maximum Gasteiger partial charge on any atom is 0.141 e. The van der Waals surface area contributed by atoms with Crippen molar-refractivity contribution in [3.63, 3.8) is 0 Å². The average Bonchev–Trinajstić information content (AvgIpc) is 2.46. The first-order valence-electron chi connectivity index (χ1n) is 6.91. The molecule has 0 unspecified atom stereocenters. The number of nitrogens with zero attached hydrogens (tertiary/aromatic N) is 2. The van der Waals surface area contributed by atoms with E-state index >= 15 is 0 Å². The summed E-state index contributed by atoms with van der Waals surface area (Å²) in [5.41, 5.74) is 3.96. The Morgan fingerprint density at radius 2 is 1.90 bits per heavy atom. The zero-order chi connectivity index (χ0) is 14.4. The van der Waals surface area contributed by atoms with Gasteiger partial charge in [-0.25, -0.2) is 0 Å². The van der Waals surface area contributed by atoms with E-state index in [0.717, 1.165) is 41.5 Å². The van der Waals surface area contributed by atoms with E-state index in [0.29, 0.717) is 6.61 Å². The summed E-state index contributed by atoms with van der Waals surface area (Å²) in [4.78, 5) is 9.04. The Labute approximate surface area is 120 Å². The quantitative estimate of drug-likeness (QED) is 0.877. The van der Waals surface area contributed by atoms with Crippen LogP contribution in [0.4, 0.5) is 0 Å². The van der Waals surface area contributed by atoms with Gasteiger partial charge in [-0.15, -0.1) is 0 Å². The van der Waals surface area contributed by atoms with E-state index in [4.69, 9.17) is 4.74 Å². The number of ether oxygens (including phenoxy) is 1. The first kappa shape index (κ1) is 14.5. The van der Waals surface area contributed by atoms with Crippen LogP contribution in [-0.4, -0.2) is 17.0 Å². The number of hydrogen-bond acceptors (Lipinski definition) is 4. The second-order valence-corrected chi connectivity index (χ2v) is 4.69. The molecule has 0 bridgehead atoms. The molecule has 4 nitrogen and oxygen atoms in total. The lowest BCUT2D eigenvalue weighted by Crippen LogP contribution is -2.09. The van der Waals surface area contributed by atoms with E-state index in [1.54, 1.807) is 0 Å². The number of aryl methyl sites for hydroxylation is 2. The van der Waals surface area contributed by atoms with Crippen LogP contribution in [0.5, 0.6) is 5.75 Å². The summed E-state index contributed by atoms with van der Waals surface area (Å²) < 4.78 is 5.86. The fraction of sp³-hybridized carbons (Fsp3) is 0.375. The molecule has 2 heterocycles. The van der Waals surface area contributed by atoms with E-state index in [9.17, 15) is 0 Å². The molecule has 0 atom stereocenters. The third-order valence-corrected chi connectivity index (χ3v) is 3.00. The van der Waals surface area contributed by atoms with Gasteiger partial charge in [0.25, 0.3) is 0 Å². The Morgan fingerprint density at radius 3 is 2.65 bits per heavy atom. The molecular formula is C16H21N3O. The molecule has 0 aliphatic rings. The maximum absolute atomic E-state index is 5.86. The smallest absolute Gasteiger partial charge is 0.141 e. The molecule has 0 fully saturated rings. The summed E-state index contributed by atoms with van der Waals surface area (Å²) in [5, 5.41) is 3.10. The second kappa shape index (κ2) is 7.01. The van der Waals surface area contributed by atoms with Gasteiger partial charge in [0, 0.05) is 12.2 Å². The van der Waals surface area contributed by atoms with Gasteiger partial charge in [-0.1, -0.05) is 13.0 Å². The molecule has 0 saturated carbocycles. The first-order valence-corrected chi connectivity index (χ1v) is 6.91. The van der Waals surface area contributed by atoms with Crippen LogP contribution in [0, 0.1) is 6.92 Å². The van der Waals surface area contributed by atoms with Gasteiger partial charge in [0.15, 0.2) is 0 Å². The molecule has 0 aliphatic heterocycles. The number of rotatable bonds is 6. The topological polar surface area (TPSA) is 47.0 Å². The lowest BCUT2D eigenvalue weighted by atomic mass is 10.2. The summed E-state index contributed by atoms with van der Waals surface area (Å²) in [6.45, 7) is 5.31. The lowest BCUT2D eigenvalue weighted by molar-refractivity contribution is 0.296. The molecule has 0 aromatic carbocycles. The Hall–Kier alpha value is -1.94. The van der Waals surface area contributed by atoms with Crippen molar-refractivity contribution >= 4 is 0 Å². The van der Waals surface area contributed by atoms with Gasteiger partial charge >= 0.3 is 0 Å². The standard InChI is InChI=1S/C16H21N3O/c1-4-15-16(9-8-12(2)18-15)20-11-14-7-5-6-13(19-14)10-17-3/h5-9,17H,4,10-11H2,1-3H3. The minimum atomic E-state index is 0.468. The van der Waals surface area contributed by atoms with Gasteiger partial charge in [-0.2, -0.15) is 0 Å². The van der Waals surface area contributed by atoms with Crippen LogP contribution in [0.2, 0.25) is 0 Å². The highest BCUT2D eigenvalue weighted by Crippen LogP contribution is 2.18. The summed E-state index contributed by atoms with van der Waals surface area (Å²) in [7, 11) is 1.91. The van der Waals surface area contributed by atoms with Crippen molar-refractivity contribution < 1.29 is 4.74 Å². The van der Waals surface area contributed by atoms with Gasteiger partial charge in [-0.3, -0.25) is 9.97 Å². The molecule has 0 aliphatic carbocycles. The Balaban J connectivity index is 2.06. The SMILES string of the molecule is CCc1nc(C)ccc1OCc1cccc(CNC)n1. The summed E-state index contributed by atoms with van der Waals surface area (Å²) in [5.74, 6) is 0.846. The van der Waals surface area contributed by atoms with Crippen LogP contribution >= 0.6 is 0 Å². The van der Waals surface area contributed by atoms with Crippen LogP contribution in [0.3, 0.4) is 0 Å². The molecule has 2 rings (SSSR count). The molecule has 1 N–H and O–H groups in total. The third kappa shape index (κ3) is 3.78. The van der Waals surface area contributed by atoms with Crippen LogP contribution in [0.15, 0.2) is 30.3 Å². The summed E-state index contributed by atoms with van der Waals surface area (Å²) in [6.07, 6.45) is 0.865. The molecule has 2 aromatic heterocycles. The maximum atomic E-state index is 5.86. The fourth-order valence-electron chi connectivity index (χ4n) is 2.02. The minimum absolute atomic E-state index is 0.468. The van der Waals surface area contributed by atoms with Crippen molar-refractivity contribution in [3.05, 3.63) is 53.1 Å². The molecule has 0 spiro atoms. The van der Waals surface area contributed by atoms with E-state index in [1.807, 2.05) is 44.3 Å². The minimum Gasteiger partial charge on any atom is -0.485 e. The molecule has 20 heavy (non-hydrogen) atoms. The van der Waals surface area contributed by atoms with E-state index in [-0.39, 0.29) is 0 Å². The van der Waals surface area contributed by atoms with Crippen molar-refractivity contribution in [2.24, 2.45) is 0 Å². The van der Waals surface area contributed by atoms with Crippen molar-refractivity contribution in [1.82, 2.24) is 15.3 Å². The van der Waals surface area contributed by atoms with Crippen molar-refractivity contribution in [3.8, 4) is 5.75 Å². The van der Waals surface area contributed by atoms with Crippen molar-refractivity contribution in [1.29, 1.82) is 0 Å². The monoisotopic (exact) mass is 271 g/mol. The van der Waals surface area contributed by atoms with Gasteiger partial charge in [0.1, 0.15) is 12.4 Å². The largest absolute Gasteiger partial charge is 0.485 e. The van der Waals surface area contributed by atoms with Gasteiger partial charge in [0.2, 0.25) is 0 Å². The lowest BCUT2D eigenvalue weighted by Gasteiger charge is -2.10. The highest BCUT2D eigenvalue weighted by molar-refractivity contribution is 5.29. The Bertz CT molecular complexity index is 569. The van der Waals surface area contributed by atoms with Gasteiger partial charge in [0.05, 0.1) is 17.1 Å². The van der Waals surface area contributed by atoms with Crippen LogP contribution in [0.25, 0.3) is 0 Å². The van der Waals surface area contributed by atoms with E-state index in [2.05, 4.69) is 22.2 Å². The Morgan fingerprint density at radius 1 is 1.10 bits per heavy atom. The van der Waals surface area contributed by atoms with Crippen LogP contribution in [0.1, 0.15) is 29.7 Å². The Kier molecular flexibility index (Phi) is 5.07. The molecule has 4 heteroatoms. The second-order valence-electron chi connectivity index (χ2n) is 4.69. The number of aromatic nitrogens is 2. The normalized spacial score (nSPS) is 10.6. The summed E-state index contributed by atoms with van der Waals surface area (Å²) >= 11 is 0. The number of pyridine rings is 2. The molecule has 2 aromatic rings. The first-order chi connectivity index (χ1) is 9.72. The summed E-state index contributed by atoms with van der Waals surface area (Å²) in [6, 6.07) is 9.95. The van der Waals surface area contributed by atoms with E-state index in [1.165, 1.54) is 0 Å². The molecule has 106 valence electrons. The van der Waals surface area contributed by atoms with Crippen LogP contribution < -0.4 is 10.1 Å². The number of nitrogens with one attached hydrogen (secondary N) is 1. The molecule has 0 saturated heterocycles. The predicted octanol–water partition coefficient (Wildman–Crippen LogP) is 2.65. The number of hydrogen-bond donors (Lipinski definition) is 1. The zero-order valence-corrected chi connectivity index (χ0v) is 12.3. The third-order valence-electron chi connectivity index (χ3n) is 3.00. The van der Waals surface area contributed by atoms with Crippen molar-refractivity contribution in [2.75, 3.05) is 7.05 Å². The highest BCUT2D eigenvalue weighted by atomic mass is 16.5. The molecule has 0 amide bonds. The van der Waals surface area contributed by atoms with Gasteiger partial charge < -0.3 is 10.1 Å². The predicted molar refractivity (Wildman–Crippen MR) is 79.7 cm³/mol. The highest BCUT2D eigenvalue weighted by Gasteiger charge is 2.05. The molecular weight excluding hydrogens is 250 g/mol. The average molecular weight is 271 g/mol. The van der Waals surface area contributed by atoms with Gasteiger partial charge in [-0.05, 0) is 44.7 Å². The zero-order valence-electron chi connectivity index (χ0n) is 12.3. The van der Waals surface area contributed by atoms with Crippen molar-refractivity contribution in [2.45, 2.75) is 33.4 Å². The fourth-order valence-corrected chi connectivity index (χ4v) is 2.02.